The Balaban J connectivity index is 2.92. The first-order valence-electron chi connectivity index (χ1n) is 9.02. The molecule has 150 valence electrons. The Morgan fingerprint density at radius 3 is 2.11 bits per heavy atom. The van der Waals surface area contributed by atoms with Crippen molar-refractivity contribution < 1.29 is 24.2 Å². The van der Waals surface area contributed by atoms with Crippen molar-refractivity contribution in [3.63, 3.8) is 0 Å². The van der Waals surface area contributed by atoms with Gasteiger partial charge in [-0.3, -0.25) is 4.79 Å². The van der Waals surface area contributed by atoms with E-state index in [1.54, 1.807) is 20.8 Å². The molecule has 0 heterocycles. The third-order valence-electron chi connectivity index (χ3n) is 3.60. The molecule has 2 atom stereocenters. The molecule has 1 aromatic carbocycles. The average Bonchev–Trinajstić information content (AvgIpc) is 2.52. The van der Waals surface area contributed by atoms with Crippen LogP contribution in [0.2, 0.25) is 0 Å². The van der Waals surface area contributed by atoms with Gasteiger partial charge >= 0.3 is 6.09 Å². The van der Waals surface area contributed by atoms with Crippen molar-refractivity contribution in [1.29, 1.82) is 0 Å². The average molecular weight is 377 g/mol. The number of hydrogen-bond donors (Lipinski definition) is 2. The number of benzene rings is 1. The summed E-state index contributed by atoms with van der Waals surface area (Å²) in [6.07, 6.45) is -0.307. The van der Waals surface area contributed by atoms with Gasteiger partial charge in [-0.2, -0.15) is 0 Å². The minimum atomic E-state index is -1.35. The SMILES string of the molecule is CC(C)C[C@H](NC(=O)[C@@H](Cc1ccccc1)NC(=O)OC(C)(C)C)C(=O)[O-]. The zero-order valence-corrected chi connectivity index (χ0v) is 16.6. The maximum Gasteiger partial charge on any atom is 0.408 e. The second-order valence-corrected chi connectivity index (χ2v) is 7.90. The van der Waals surface area contributed by atoms with Gasteiger partial charge in [0.05, 0.1) is 12.0 Å². The van der Waals surface area contributed by atoms with Crippen LogP contribution in [0.3, 0.4) is 0 Å². The maximum absolute atomic E-state index is 12.7. The molecule has 2 amide bonds. The van der Waals surface area contributed by atoms with Crippen molar-refractivity contribution in [2.75, 3.05) is 0 Å². The van der Waals surface area contributed by atoms with Crippen molar-refractivity contribution in [3.8, 4) is 0 Å². The number of rotatable bonds is 8. The van der Waals surface area contributed by atoms with Crippen LogP contribution in [0.4, 0.5) is 4.79 Å². The number of carboxylic acid groups (broad SMARTS) is 1. The lowest BCUT2D eigenvalue weighted by atomic mass is 10.0. The molecule has 1 rings (SSSR count). The van der Waals surface area contributed by atoms with Crippen LogP contribution in [0.5, 0.6) is 0 Å². The minimum Gasteiger partial charge on any atom is -0.548 e. The van der Waals surface area contributed by atoms with Gasteiger partial charge in [0, 0.05) is 6.42 Å². The van der Waals surface area contributed by atoms with Crippen molar-refractivity contribution in [1.82, 2.24) is 10.6 Å². The smallest absolute Gasteiger partial charge is 0.408 e. The van der Waals surface area contributed by atoms with Gasteiger partial charge in [0.25, 0.3) is 0 Å². The first-order valence-corrected chi connectivity index (χ1v) is 9.02. The number of carbonyl (C=O) groups is 3. The van der Waals surface area contributed by atoms with E-state index >= 15 is 0 Å². The number of alkyl carbamates (subject to hydrolysis) is 1. The van der Waals surface area contributed by atoms with Gasteiger partial charge in [-0.05, 0) is 38.7 Å². The van der Waals surface area contributed by atoms with Crippen LogP contribution in [-0.4, -0.2) is 35.7 Å². The van der Waals surface area contributed by atoms with Crippen molar-refractivity contribution in [2.24, 2.45) is 5.92 Å². The number of amides is 2. The van der Waals surface area contributed by atoms with Crippen molar-refractivity contribution in [2.45, 2.75) is 65.1 Å². The highest BCUT2D eigenvalue weighted by molar-refractivity contribution is 5.89. The molecule has 0 spiro atoms. The summed E-state index contributed by atoms with van der Waals surface area (Å²) in [5, 5.41) is 16.3. The lowest BCUT2D eigenvalue weighted by Crippen LogP contribution is -2.55. The zero-order chi connectivity index (χ0) is 20.6. The lowest BCUT2D eigenvalue weighted by Gasteiger charge is -2.26. The first-order chi connectivity index (χ1) is 12.5. The molecule has 0 bridgehead atoms. The monoisotopic (exact) mass is 377 g/mol. The predicted octanol–water partition coefficient (Wildman–Crippen LogP) is 1.40. The molecule has 0 aromatic heterocycles. The lowest BCUT2D eigenvalue weighted by molar-refractivity contribution is -0.308. The Kier molecular flexibility index (Phi) is 8.28. The summed E-state index contributed by atoms with van der Waals surface area (Å²) in [6.45, 7) is 8.85. The maximum atomic E-state index is 12.7. The number of carboxylic acids is 1. The van der Waals surface area contributed by atoms with E-state index in [1.807, 2.05) is 44.2 Å². The number of aliphatic carboxylic acids is 1. The van der Waals surface area contributed by atoms with Crippen LogP contribution in [0.1, 0.15) is 46.6 Å². The van der Waals surface area contributed by atoms with Gasteiger partial charge in [-0.15, -0.1) is 0 Å². The molecule has 0 aliphatic carbocycles. The number of nitrogens with one attached hydrogen (secondary N) is 2. The van der Waals surface area contributed by atoms with Crippen molar-refractivity contribution >= 4 is 18.0 Å². The van der Waals surface area contributed by atoms with Crippen LogP contribution in [0.25, 0.3) is 0 Å². The number of ether oxygens (including phenoxy) is 1. The largest absolute Gasteiger partial charge is 0.548 e. The molecule has 0 radical (unpaired) electrons. The molecule has 2 N–H and O–H groups in total. The van der Waals surface area contributed by atoms with Gasteiger partial charge in [0.1, 0.15) is 11.6 Å². The summed E-state index contributed by atoms with van der Waals surface area (Å²) >= 11 is 0. The highest BCUT2D eigenvalue weighted by atomic mass is 16.6. The fourth-order valence-corrected chi connectivity index (χ4v) is 2.47. The molecule has 0 saturated carbocycles. The van der Waals surface area contributed by atoms with Crippen LogP contribution in [0.15, 0.2) is 30.3 Å². The molecule has 7 heteroatoms. The molecule has 0 unspecified atom stereocenters. The van der Waals surface area contributed by atoms with Gasteiger partial charge in [-0.25, -0.2) is 4.79 Å². The van der Waals surface area contributed by atoms with E-state index in [-0.39, 0.29) is 18.8 Å². The fraction of sp³-hybridized carbons (Fsp3) is 0.550. The normalized spacial score (nSPS) is 13.6. The highest BCUT2D eigenvalue weighted by Crippen LogP contribution is 2.10. The van der Waals surface area contributed by atoms with E-state index in [2.05, 4.69) is 10.6 Å². The summed E-state index contributed by atoms with van der Waals surface area (Å²) in [7, 11) is 0. The predicted molar refractivity (Wildman–Crippen MR) is 99.7 cm³/mol. The Morgan fingerprint density at radius 1 is 1.04 bits per heavy atom. The van der Waals surface area contributed by atoms with Gasteiger partial charge in [0.15, 0.2) is 0 Å². The van der Waals surface area contributed by atoms with Crippen LogP contribution in [-0.2, 0) is 20.7 Å². The van der Waals surface area contributed by atoms with E-state index in [0.29, 0.717) is 0 Å². The van der Waals surface area contributed by atoms with E-state index in [9.17, 15) is 19.5 Å². The summed E-state index contributed by atoms with van der Waals surface area (Å²) in [4.78, 5) is 36.1. The fourth-order valence-electron chi connectivity index (χ4n) is 2.47. The molecule has 0 aliphatic rings. The Labute approximate surface area is 160 Å². The molecular formula is C20H29N2O5-. The van der Waals surface area contributed by atoms with Crippen LogP contribution in [0, 0.1) is 5.92 Å². The second kappa shape index (κ2) is 9.94. The van der Waals surface area contributed by atoms with E-state index in [0.717, 1.165) is 5.56 Å². The van der Waals surface area contributed by atoms with E-state index < -0.39 is 35.7 Å². The molecule has 0 aliphatic heterocycles. The van der Waals surface area contributed by atoms with E-state index in [1.165, 1.54) is 0 Å². The third kappa shape index (κ3) is 9.08. The molecule has 1 aromatic rings. The molecule has 0 saturated heterocycles. The van der Waals surface area contributed by atoms with Crippen LogP contribution < -0.4 is 15.7 Å². The molecular weight excluding hydrogens is 348 g/mol. The standard InChI is InChI=1S/C20H30N2O5/c1-13(2)11-16(18(24)25)21-17(23)15(12-14-9-7-6-8-10-14)22-19(26)27-20(3,4)5/h6-10,13,15-16H,11-12H2,1-5H3,(H,21,23)(H,22,26)(H,24,25)/p-1/t15-,16+/m1/s1. The van der Waals surface area contributed by atoms with Gasteiger partial charge in [-0.1, -0.05) is 44.2 Å². The summed E-state index contributed by atoms with van der Waals surface area (Å²) in [6, 6.07) is 7.02. The summed E-state index contributed by atoms with van der Waals surface area (Å²) in [5.74, 6) is -1.90. The Hall–Kier alpha value is -2.57. The van der Waals surface area contributed by atoms with Crippen LogP contribution >= 0.6 is 0 Å². The van der Waals surface area contributed by atoms with Crippen molar-refractivity contribution in [3.05, 3.63) is 35.9 Å². The number of carbonyl (C=O) groups excluding carboxylic acids is 3. The van der Waals surface area contributed by atoms with E-state index in [4.69, 9.17) is 4.74 Å². The summed E-state index contributed by atoms with van der Waals surface area (Å²) in [5.41, 5.74) is 0.103. The topological polar surface area (TPSA) is 108 Å². The minimum absolute atomic E-state index is 0.0552. The van der Waals surface area contributed by atoms with Gasteiger partial charge in [0.2, 0.25) is 5.91 Å². The van der Waals surface area contributed by atoms with Gasteiger partial charge < -0.3 is 25.3 Å². The number of hydrogen-bond acceptors (Lipinski definition) is 5. The molecule has 27 heavy (non-hydrogen) atoms. The zero-order valence-electron chi connectivity index (χ0n) is 16.6. The quantitative estimate of drug-likeness (QED) is 0.712. The molecule has 0 fully saturated rings. The first kappa shape index (κ1) is 22.5. The second-order valence-electron chi connectivity index (χ2n) is 7.90. The molecule has 7 nitrogen and oxygen atoms in total. The third-order valence-corrected chi connectivity index (χ3v) is 3.60. The Morgan fingerprint density at radius 2 is 1.63 bits per heavy atom. The highest BCUT2D eigenvalue weighted by Gasteiger charge is 2.27. The Bertz CT molecular complexity index is 638. The summed E-state index contributed by atoms with van der Waals surface area (Å²) < 4.78 is 5.21.